The molecule has 0 saturated carbocycles. The molecule has 0 spiro atoms. The first kappa shape index (κ1) is 11.3. The van der Waals surface area contributed by atoms with Crippen molar-refractivity contribution in [3.63, 3.8) is 0 Å². The summed E-state index contributed by atoms with van der Waals surface area (Å²) in [7, 11) is 0. The Morgan fingerprint density at radius 1 is 1.50 bits per heavy atom. The number of fused-ring (bicyclic) bond motifs is 1. The third kappa shape index (κ3) is 1.88. The molecule has 0 aliphatic carbocycles. The second-order valence-electron chi connectivity index (χ2n) is 3.77. The van der Waals surface area contributed by atoms with E-state index in [1.165, 1.54) is 11.3 Å². The van der Waals surface area contributed by atoms with Gasteiger partial charge in [0.25, 0.3) is 5.56 Å². The normalized spacial score (nSPS) is 11.2. The van der Waals surface area contributed by atoms with Crippen molar-refractivity contribution in [2.75, 3.05) is 6.61 Å². The van der Waals surface area contributed by atoms with E-state index in [0.29, 0.717) is 24.2 Å². The maximum absolute atomic E-state index is 12.1. The lowest BCUT2D eigenvalue weighted by Gasteiger charge is -2.07. The first-order chi connectivity index (χ1) is 7.63. The number of aryl methyl sites for hydroxylation is 2. The molecule has 0 unspecified atom stereocenters. The Bertz CT molecular complexity index is 571. The Hall–Kier alpha value is -1.20. The molecule has 0 aliphatic heterocycles. The topological polar surface area (TPSA) is 55.1 Å². The van der Waals surface area contributed by atoms with Crippen LogP contribution in [-0.4, -0.2) is 21.3 Å². The molecule has 0 atom stereocenters. The van der Waals surface area contributed by atoms with Crippen molar-refractivity contribution >= 4 is 21.6 Å². The molecular formula is C11H14N2O2S. The van der Waals surface area contributed by atoms with Gasteiger partial charge in [-0.1, -0.05) is 0 Å². The van der Waals surface area contributed by atoms with Gasteiger partial charge in [-0.05, 0) is 26.3 Å². The van der Waals surface area contributed by atoms with E-state index in [0.717, 1.165) is 9.71 Å². The molecule has 86 valence electrons. The maximum Gasteiger partial charge on any atom is 0.262 e. The largest absolute Gasteiger partial charge is 0.396 e. The maximum atomic E-state index is 12.1. The van der Waals surface area contributed by atoms with Crippen molar-refractivity contribution in [2.45, 2.75) is 26.8 Å². The summed E-state index contributed by atoms with van der Waals surface area (Å²) in [4.78, 5) is 18.4. The Labute approximate surface area is 97.2 Å². The van der Waals surface area contributed by atoms with Crippen molar-refractivity contribution in [1.29, 1.82) is 0 Å². The summed E-state index contributed by atoms with van der Waals surface area (Å²) in [5.41, 5.74) is 0.000278. The van der Waals surface area contributed by atoms with Gasteiger partial charge in [-0.25, -0.2) is 4.98 Å². The van der Waals surface area contributed by atoms with E-state index in [1.807, 2.05) is 19.9 Å². The van der Waals surface area contributed by atoms with Crippen molar-refractivity contribution in [3.05, 3.63) is 27.1 Å². The molecule has 0 amide bonds. The quantitative estimate of drug-likeness (QED) is 0.880. The van der Waals surface area contributed by atoms with E-state index < -0.39 is 0 Å². The Kier molecular flexibility index (Phi) is 3.07. The predicted octanol–water partition coefficient (Wildman–Crippen LogP) is 1.46. The monoisotopic (exact) mass is 238 g/mol. The van der Waals surface area contributed by atoms with Gasteiger partial charge in [0, 0.05) is 18.0 Å². The highest BCUT2D eigenvalue weighted by molar-refractivity contribution is 7.18. The number of aliphatic hydroxyl groups excluding tert-OH is 1. The molecule has 2 heterocycles. The van der Waals surface area contributed by atoms with Crippen LogP contribution in [0.4, 0.5) is 0 Å². The Morgan fingerprint density at radius 3 is 2.94 bits per heavy atom. The van der Waals surface area contributed by atoms with E-state index >= 15 is 0 Å². The minimum atomic E-state index is 0.000278. The molecule has 16 heavy (non-hydrogen) atoms. The average Bonchev–Trinajstić information content (AvgIpc) is 2.59. The van der Waals surface area contributed by atoms with Gasteiger partial charge in [-0.15, -0.1) is 11.3 Å². The van der Waals surface area contributed by atoms with Gasteiger partial charge in [-0.2, -0.15) is 0 Å². The molecule has 0 aliphatic rings. The zero-order valence-corrected chi connectivity index (χ0v) is 10.2. The highest BCUT2D eigenvalue weighted by Gasteiger charge is 2.09. The summed E-state index contributed by atoms with van der Waals surface area (Å²) >= 11 is 1.54. The second kappa shape index (κ2) is 4.35. The Balaban J connectivity index is 2.60. The van der Waals surface area contributed by atoms with Crippen LogP contribution in [0.25, 0.3) is 10.2 Å². The number of nitrogens with zero attached hydrogens (tertiary/aromatic N) is 2. The summed E-state index contributed by atoms with van der Waals surface area (Å²) in [6.07, 6.45) is 0.580. The predicted molar refractivity (Wildman–Crippen MR) is 65.1 cm³/mol. The van der Waals surface area contributed by atoms with Crippen LogP contribution in [0.3, 0.4) is 0 Å². The molecule has 4 nitrogen and oxygen atoms in total. The first-order valence-electron chi connectivity index (χ1n) is 5.22. The summed E-state index contributed by atoms with van der Waals surface area (Å²) in [5.74, 6) is 0.716. The number of aromatic nitrogens is 2. The fourth-order valence-electron chi connectivity index (χ4n) is 1.73. The molecule has 2 rings (SSSR count). The molecule has 2 aromatic heterocycles. The molecule has 0 radical (unpaired) electrons. The van der Waals surface area contributed by atoms with Gasteiger partial charge < -0.3 is 5.11 Å². The minimum absolute atomic E-state index is 0.000278. The van der Waals surface area contributed by atoms with E-state index in [4.69, 9.17) is 5.11 Å². The zero-order chi connectivity index (χ0) is 11.7. The SMILES string of the molecule is Cc1cc2c(=O)n(CCCO)c(C)nc2s1. The summed E-state index contributed by atoms with van der Waals surface area (Å²) in [6.45, 7) is 4.41. The van der Waals surface area contributed by atoms with Crippen molar-refractivity contribution in [1.82, 2.24) is 9.55 Å². The van der Waals surface area contributed by atoms with E-state index in [2.05, 4.69) is 4.98 Å². The third-order valence-corrected chi connectivity index (χ3v) is 3.45. The summed E-state index contributed by atoms with van der Waals surface area (Å²) < 4.78 is 1.63. The minimum Gasteiger partial charge on any atom is -0.396 e. The second-order valence-corrected chi connectivity index (χ2v) is 5.00. The van der Waals surface area contributed by atoms with Gasteiger partial charge in [0.15, 0.2) is 0 Å². The number of hydrogen-bond acceptors (Lipinski definition) is 4. The van der Waals surface area contributed by atoms with Crippen LogP contribution in [0.2, 0.25) is 0 Å². The number of hydrogen-bond donors (Lipinski definition) is 1. The van der Waals surface area contributed by atoms with Crippen LogP contribution < -0.4 is 5.56 Å². The lowest BCUT2D eigenvalue weighted by atomic mass is 10.3. The Morgan fingerprint density at radius 2 is 2.25 bits per heavy atom. The fourth-order valence-corrected chi connectivity index (χ4v) is 2.65. The molecule has 0 aromatic carbocycles. The smallest absolute Gasteiger partial charge is 0.262 e. The van der Waals surface area contributed by atoms with Gasteiger partial charge in [0.1, 0.15) is 10.7 Å². The number of thiophene rings is 1. The third-order valence-electron chi connectivity index (χ3n) is 2.51. The molecule has 2 aromatic rings. The summed E-state index contributed by atoms with van der Waals surface area (Å²) in [6, 6.07) is 1.88. The molecule has 5 heteroatoms. The summed E-state index contributed by atoms with van der Waals surface area (Å²) in [5, 5.41) is 9.48. The molecule has 1 N–H and O–H groups in total. The number of rotatable bonds is 3. The van der Waals surface area contributed by atoms with Crippen LogP contribution >= 0.6 is 11.3 Å². The van der Waals surface area contributed by atoms with Crippen LogP contribution in [0, 0.1) is 13.8 Å². The molecule has 0 saturated heterocycles. The van der Waals surface area contributed by atoms with Crippen molar-refractivity contribution < 1.29 is 5.11 Å². The lowest BCUT2D eigenvalue weighted by molar-refractivity contribution is 0.278. The van der Waals surface area contributed by atoms with Gasteiger partial charge in [-0.3, -0.25) is 9.36 Å². The van der Waals surface area contributed by atoms with Gasteiger partial charge in [0.05, 0.1) is 5.39 Å². The van der Waals surface area contributed by atoms with E-state index in [9.17, 15) is 4.79 Å². The fraction of sp³-hybridized carbons (Fsp3) is 0.455. The van der Waals surface area contributed by atoms with E-state index in [1.54, 1.807) is 4.57 Å². The van der Waals surface area contributed by atoms with Gasteiger partial charge in [0.2, 0.25) is 0 Å². The van der Waals surface area contributed by atoms with Crippen molar-refractivity contribution in [2.24, 2.45) is 0 Å². The molecule has 0 bridgehead atoms. The lowest BCUT2D eigenvalue weighted by Crippen LogP contribution is -2.23. The van der Waals surface area contributed by atoms with Crippen LogP contribution in [0.1, 0.15) is 17.1 Å². The van der Waals surface area contributed by atoms with Crippen LogP contribution in [0.5, 0.6) is 0 Å². The van der Waals surface area contributed by atoms with Crippen molar-refractivity contribution in [3.8, 4) is 0 Å². The highest BCUT2D eigenvalue weighted by atomic mass is 32.1. The first-order valence-corrected chi connectivity index (χ1v) is 6.03. The standard InChI is InChI=1S/C11H14N2O2S/c1-7-6-9-10(16-7)12-8(2)13(11(9)15)4-3-5-14/h6,14H,3-5H2,1-2H3. The van der Waals surface area contributed by atoms with Gasteiger partial charge >= 0.3 is 0 Å². The van der Waals surface area contributed by atoms with E-state index in [-0.39, 0.29) is 12.2 Å². The van der Waals surface area contributed by atoms with Crippen LogP contribution in [-0.2, 0) is 6.54 Å². The zero-order valence-electron chi connectivity index (χ0n) is 9.36. The molecule has 0 fully saturated rings. The number of aliphatic hydroxyl groups is 1. The van der Waals surface area contributed by atoms with Crippen LogP contribution in [0.15, 0.2) is 10.9 Å². The average molecular weight is 238 g/mol. The highest BCUT2D eigenvalue weighted by Crippen LogP contribution is 2.20. The molecular weight excluding hydrogens is 224 g/mol.